The van der Waals surface area contributed by atoms with Crippen molar-refractivity contribution in [2.24, 2.45) is 0 Å². The smallest absolute Gasteiger partial charge is 0.416 e. The van der Waals surface area contributed by atoms with Crippen LogP contribution in [0.3, 0.4) is 0 Å². The summed E-state index contributed by atoms with van der Waals surface area (Å²) in [7, 11) is 0. The highest BCUT2D eigenvalue weighted by Crippen LogP contribution is 2.39. The average Bonchev–Trinajstić information content (AvgIpc) is 3.02. The summed E-state index contributed by atoms with van der Waals surface area (Å²) < 4.78 is 87.8. The maximum absolute atomic E-state index is 12.9. The van der Waals surface area contributed by atoms with Gasteiger partial charge >= 0.3 is 18.3 Å². The first-order chi connectivity index (χ1) is 12.4. The molecule has 1 heterocycles. The van der Waals surface area contributed by atoms with E-state index in [2.05, 4.69) is 0 Å². The molecule has 1 unspecified atom stereocenters. The molecule has 0 bridgehead atoms. The number of furan rings is 1. The lowest BCUT2D eigenvalue weighted by molar-refractivity contribution is -0.151. The summed E-state index contributed by atoms with van der Waals surface area (Å²) in [6, 6.07) is 3.60. The standard InChI is InChI=1S/C17H14F6O4/c1-2-13(15(24)25)26-8-12-3-4-14(27-12)9-5-10(16(18,19)20)7-11(6-9)17(21,22)23/h3-7,13H,2,8H2,1H3,(H,24,25). The van der Waals surface area contributed by atoms with Gasteiger partial charge in [-0.15, -0.1) is 0 Å². The number of aliphatic carboxylic acids is 1. The first-order valence-electron chi connectivity index (χ1n) is 7.64. The fourth-order valence-electron chi connectivity index (χ4n) is 2.25. The Bertz CT molecular complexity index is 774. The van der Waals surface area contributed by atoms with Crippen LogP contribution in [0.5, 0.6) is 0 Å². The zero-order valence-corrected chi connectivity index (χ0v) is 13.8. The highest BCUT2D eigenvalue weighted by Gasteiger charge is 2.37. The molecule has 0 fully saturated rings. The molecule has 2 aromatic rings. The number of halogens is 6. The normalized spacial score (nSPS) is 13.6. The third kappa shape index (κ3) is 5.25. The molecule has 1 atom stereocenters. The molecular formula is C17H14F6O4. The molecule has 0 radical (unpaired) electrons. The summed E-state index contributed by atoms with van der Waals surface area (Å²) in [5, 5.41) is 8.88. The van der Waals surface area contributed by atoms with Crippen molar-refractivity contribution in [1.82, 2.24) is 0 Å². The molecule has 4 nitrogen and oxygen atoms in total. The van der Waals surface area contributed by atoms with Gasteiger partial charge in [0.15, 0.2) is 6.10 Å². The Morgan fingerprint density at radius 1 is 1.07 bits per heavy atom. The van der Waals surface area contributed by atoms with E-state index in [0.717, 1.165) is 0 Å². The zero-order chi connectivity index (χ0) is 20.4. The Balaban J connectivity index is 2.33. The molecule has 0 aliphatic rings. The van der Waals surface area contributed by atoms with Gasteiger partial charge in [-0.25, -0.2) is 4.79 Å². The molecule has 148 valence electrons. The number of ether oxygens (including phenoxy) is 1. The van der Waals surface area contributed by atoms with Crippen LogP contribution in [-0.2, 0) is 28.5 Å². The lowest BCUT2D eigenvalue weighted by atomic mass is 10.0. The fraction of sp³-hybridized carbons (Fsp3) is 0.353. The van der Waals surface area contributed by atoms with Crippen molar-refractivity contribution in [3.8, 4) is 11.3 Å². The second-order valence-electron chi connectivity index (χ2n) is 5.61. The Morgan fingerprint density at radius 3 is 2.07 bits per heavy atom. The number of benzene rings is 1. The van der Waals surface area contributed by atoms with Crippen LogP contribution in [0.4, 0.5) is 26.3 Å². The molecule has 0 aliphatic heterocycles. The van der Waals surface area contributed by atoms with E-state index in [1.807, 2.05) is 0 Å². The van der Waals surface area contributed by atoms with Crippen LogP contribution in [0.2, 0.25) is 0 Å². The van der Waals surface area contributed by atoms with Crippen LogP contribution in [-0.4, -0.2) is 17.2 Å². The number of rotatable bonds is 6. The maximum Gasteiger partial charge on any atom is 0.416 e. The number of carboxylic acid groups (broad SMARTS) is 1. The molecule has 1 N–H and O–H groups in total. The Morgan fingerprint density at radius 2 is 1.63 bits per heavy atom. The molecule has 0 amide bonds. The van der Waals surface area contributed by atoms with E-state index < -0.39 is 41.1 Å². The lowest BCUT2D eigenvalue weighted by Gasteiger charge is -2.13. The quantitative estimate of drug-likeness (QED) is 0.668. The van der Waals surface area contributed by atoms with E-state index in [9.17, 15) is 31.1 Å². The predicted octanol–water partition coefficient (Wildman–Crippen LogP) is 5.36. The molecule has 2 rings (SSSR count). The van der Waals surface area contributed by atoms with Gasteiger partial charge in [-0.3, -0.25) is 0 Å². The van der Waals surface area contributed by atoms with Gasteiger partial charge in [-0.1, -0.05) is 6.92 Å². The fourth-order valence-corrected chi connectivity index (χ4v) is 2.25. The third-order valence-corrected chi connectivity index (χ3v) is 3.61. The van der Waals surface area contributed by atoms with Gasteiger partial charge in [0.2, 0.25) is 0 Å². The summed E-state index contributed by atoms with van der Waals surface area (Å²) >= 11 is 0. The predicted molar refractivity (Wildman–Crippen MR) is 80.7 cm³/mol. The summed E-state index contributed by atoms with van der Waals surface area (Å²) in [4.78, 5) is 10.9. The average molecular weight is 396 g/mol. The van der Waals surface area contributed by atoms with Crippen molar-refractivity contribution < 1.29 is 45.4 Å². The minimum Gasteiger partial charge on any atom is -0.479 e. The lowest BCUT2D eigenvalue weighted by Crippen LogP contribution is -2.22. The van der Waals surface area contributed by atoms with Gasteiger partial charge in [-0.05, 0) is 36.8 Å². The first kappa shape index (κ1) is 20.8. The number of alkyl halides is 6. The van der Waals surface area contributed by atoms with Gasteiger partial charge in [0.05, 0.1) is 11.1 Å². The minimum atomic E-state index is -4.97. The summed E-state index contributed by atoms with van der Waals surface area (Å²) in [6.45, 7) is 1.28. The van der Waals surface area contributed by atoms with E-state index in [1.54, 1.807) is 6.92 Å². The highest BCUT2D eigenvalue weighted by molar-refractivity contribution is 5.72. The van der Waals surface area contributed by atoms with Crippen molar-refractivity contribution in [2.75, 3.05) is 0 Å². The Hall–Kier alpha value is -2.49. The van der Waals surface area contributed by atoms with E-state index in [1.165, 1.54) is 12.1 Å². The van der Waals surface area contributed by atoms with Crippen molar-refractivity contribution in [3.05, 3.63) is 47.2 Å². The van der Waals surface area contributed by atoms with E-state index >= 15 is 0 Å². The molecule has 1 aromatic heterocycles. The van der Waals surface area contributed by atoms with Crippen LogP contribution in [0.25, 0.3) is 11.3 Å². The number of carbonyl (C=O) groups is 1. The van der Waals surface area contributed by atoms with Crippen molar-refractivity contribution >= 4 is 5.97 Å². The van der Waals surface area contributed by atoms with Crippen LogP contribution >= 0.6 is 0 Å². The van der Waals surface area contributed by atoms with Crippen molar-refractivity contribution in [2.45, 2.75) is 38.4 Å². The molecule has 1 aromatic carbocycles. The van der Waals surface area contributed by atoms with Gasteiger partial charge in [-0.2, -0.15) is 26.3 Å². The number of hydrogen-bond acceptors (Lipinski definition) is 3. The number of carboxylic acids is 1. The van der Waals surface area contributed by atoms with Crippen molar-refractivity contribution in [3.63, 3.8) is 0 Å². The van der Waals surface area contributed by atoms with E-state index in [-0.39, 0.29) is 30.6 Å². The van der Waals surface area contributed by atoms with Crippen LogP contribution < -0.4 is 0 Å². The highest BCUT2D eigenvalue weighted by atomic mass is 19.4. The van der Waals surface area contributed by atoms with Gasteiger partial charge in [0.25, 0.3) is 0 Å². The van der Waals surface area contributed by atoms with Gasteiger partial charge in [0, 0.05) is 5.56 Å². The van der Waals surface area contributed by atoms with E-state index in [0.29, 0.717) is 12.1 Å². The maximum atomic E-state index is 12.9. The molecule has 0 aliphatic carbocycles. The second kappa shape index (κ2) is 7.63. The molecule has 10 heteroatoms. The molecule has 0 saturated carbocycles. The van der Waals surface area contributed by atoms with Crippen molar-refractivity contribution in [1.29, 1.82) is 0 Å². The Kier molecular flexibility index (Phi) is 5.88. The number of hydrogen-bond donors (Lipinski definition) is 1. The summed E-state index contributed by atoms with van der Waals surface area (Å²) in [5.74, 6) is -1.36. The molecule has 27 heavy (non-hydrogen) atoms. The zero-order valence-electron chi connectivity index (χ0n) is 13.8. The minimum absolute atomic E-state index is 0.0230. The first-order valence-corrected chi connectivity index (χ1v) is 7.64. The topological polar surface area (TPSA) is 59.7 Å². The monoisotopic (exact) mass is 396 g/mol. The molecular weight excluding hydrogens is 382 g/mol. The SMILES string of the molecule is CCC(OCc1ccc(-c2cc(C(F)(F)F)cc(C(F)(F)F)c2)o1)C(=O)O. The Labute approximate surface area is 149 Å². The summed E-state index contributed by atoms with van der Waals surface area (Å²) in [5.41, 5.74) is -3.33. The second-order valence-corrected chi connectivity index (χ2v) is 5.61. The van der Waals surface area contributed by atoms with Crippen LogP contribution in [0, 0.1) is 0 Å². The van der Waals surface area contributed by atoms with Gasteiger partial charge < -0.3 is 14.3 Å². The van der Waals surface area contributed by atoms with Crippen LogP contribution in [0.15, 0.2) is 34.7 Å². The molecule has 0 spiro atoms. The summed E-state index contributed by atoms with van der Waals surface area (Å²) in [6.07, 6.45) is -10.9. The molecule has 0 saturated heterocycles. The third-order valence-electron chi connectivity index (χ3n) is 3.61. The van der Waals surface area contributed by atoms with Crippen LogP contribution in [0.1, 0.15) is 30.2 Å². The van der Waals surface area contributed by atoms with Gasteiger partial charge in [0.1, 0.15) is 18.1 Å². The van der Waals surface area contributed by atoms with E-state index in [4.69, 9.17) is 14.3 Å². The largest absolute Gasteiger partial charge is 0.479 e.